The lowest BCUT2D eigenvalue weighted by atomic mass is 10.7. The molecule has 3 N–H and O–H groups in total. The fourth-order valence-electron chi connectivity index (χ4n) is 0.282. The fourth-order valence-corrected chi connectivity index (χ4v) is 1.75. The first-order chi connectivity index (χ1) is 5.66. The molecular weight excluding hydrogens is 226 g/mol. The van der Waals surface area contributed by atoms with Crippen LogP contribution >= 0.6 is 15.6 Å². The van der Waals surface area contributed by atoms with Crippen molar-refractivity contribution in [2.24, 2.45) is 0 Å². The second kappa shape index (κ2) is 4.03. The van der Waals surface area contributed by atoms with Crippen molar-refractivity contribution in [1.29, 1.82) is 0 Å². The Morgan fingerprint density at radius 2 is 1.77 bits per heavy atom. The highest BCUT2D eigenvalue weighted by Crippen LogP contribution is 2.57. The minimum Gasteiger partial charge on any atom is -0.360 e. The van der Waals surface area contributed by atoms with Gasteiger partial charge in [-0.15, -0.1) is 6.42 Å². The molecule has 1 atom stereocenters. The Kier molecular flexibility index (Phi) is 3.82. The summed E-state index contributed by atoms with van der Waals surface area (Å²) in [7, 11) is -10.4. The maximum absolute atomic E-state index is 10.5. The Morgan fingerprint density at radius 1 is 1.31 bits per heavy atom. The van der Waals surface area contributed by atoms with Gasteiger partial charge in [0, 0.05) is 5.92 Å². The number of rotatable bonds is 3. The summed E-state index contributed by atoms with van der Waals surface area (Å²) in [6.45, 7) is 0. The monoisotopic (exact) mass is 230 g/mol. The van der Waals surface area contributed by atoms with Crippen molar-refractivity contribution >= 4 is 21.6 Å². The van der Waals surface area contributed by atoms with E-state index in [1.807, 2.05) is 0 Å². The van der Waals surface area contributed by atoms with Gasteiger partial charge < -0.3 is 14.3 Å². The number of hydrogen-bond donors (Lipinski definition) is 3. The van der Waals surface area contributed by atoms with Gasteiger partial charge in [-0.05, 0) is 0 Å². The van der Waals surface area contributed by atoms with E-state index in [-0.39, 0.29) is 0 Å². The van der Waals surface area contributed by atoms with Crippen LogP contribution < -0.4 is 0 Å². The Bertz CT molecular complexity index is 332. The zero-order valence-corrected chi connectivity index (χ0v) is 7.64. The predicted octanol–water partition coefficient (Wildman–Crippen LogP) is -0.628. The first-order valence-corrected chi connectivity index (χ1v) is 5.49. The lowest BCUT2D eigenvalue weighted by Crippen LogP contribution is -2.00. The summed E-state index contributed by atoms with van der Waals surface area (Å²) in [5, 5.41) is 0. The Balaban J connectivity index is 4.45. The minimum absolute atomic E-state index is 1.28. The highest BCUT2D eigenvalue weighted by molar-refractivity contribution is 7.61. The van der Waals surface area contributed by atoms with Gasteiger partial charge in [-0.3, -0.25) is 4.89 Å². The smallest absolute Gasteiger partial charge is 0.360 e. The molecule has 0 rings (SSSR count). The molecular formula is C3H4O8P2. The van der Waals surface area contributed by atoms with E-state index in [1.165, 1.54) is 5.92 Å². The van der Waals surface area contributed by atoms with Crippen molar-refractivity contribution in [3.8, 4) is 12.3 Å². The summed E-state index contributed by atoms with van der Waals surface area (Å²) in [6, 6.07) is 0. The zero-order valence-electron chi connectivity index (χ0n) is 5.85. The van der Waals surface area contributed by atoms with Gasteiger partial charge in [0.2, 0.25) is 0 Å². The van der Waals surface area contributed by atoms with Crippen molar-refractivity contribution in [2.75, 3.05) is 0 Å². The molecule has 8 nitrogen and oxygen atoms in total. The third-order valence-corrected chi connectivity index (χ3v) is 2.60. The lowest BCUT2D eigenvalue weighted by molar-refractivity contribution is -0.129. The summed E-state index contributed by atoms with van der Waals surface area (Å²) < 4.78 is 27.2. The standard InChI is InChI=1S/C3H4O8P2/c1-2-3(4)10-13(8,9)11-12(5,6)7/h1H,(H,8,9)(H2,5,6,7). The number of hydrogen-bond acceptors (Lipinski definition) is 5. The second-order valence-corrected chi connectivity index (χ2v) is 4.32. The van der Waals surface area contributed by atoms with Crippen molar-refractivity contribution in [3.63, 3.8) is 0 Å². The molecule has 13 heavy (non-hydrogen) atoms. The van der Waals surface area contributed by atoms with Gasteiger partial charge in [-0.2, -0.15) is 4.31 Å². The highest BCUT2D eigenvalue weighted by Gasteiger charge is 2.35. The molecule has 0 radical (unpaired) electrons. The van der Waals surface area contributed by atoms with Crippen LogP contribution in [0.5, 0.6) is 0 Å². The quantitative estimate of drug-likeness (QED) is 0.431. The van der Waals surface area contributed by atoms with Gasteiger partial charge in [-0.25, -0.2) is 13.9 Å². The van der Waals surface area contributed by atoms with Crippen LogP contribution in [0.3, 0.4) is 0 Å². The van der Waals surface area contributed by atoms with Crippen LogP contribution in [0.4, 0.5) is 0 Å². The molecule has 10 heteroatoms. The van der Waals surface area contributed by atoms with Crippen LogP contribution in [0.25, 0.3) is 0 Å². The third kappa shape index (κ3) is 6.49. The first kappa shape index (κ1) is 12.3. The third-order valence-electron chi connectivity index (χ3n) is 0.526. The van der Waals surface area contributed by atoms with Crippen LogP contribution in [-0.2, 0) is 22.8 Å². The van der Waals surface area contributed by atoms with Crippen LogP contribution in [0.2, 0.25) is 0 Å². The van der Waals surface area contributed by atoms with Gasteiger partial charge in [0.1, 0.15) is 0 Å². The Hall–Kier alpha value is -0.670. The van der Waals surface area contributed by atoms with E-state index in [9.17, 15) is 13.9 Å². The summed E-state index contributed by atoms with van der Waals surface area (Å²) >= 11 is 0. The van der Waals surface area contributed by atoms with E-state index in [2.05, 4.69) is 15.3 Å². The molecule has 0 spiro atoms. The molecule has 74 valence electrons. The van der Waals surface area contributed by atoms with Gasteiger partial charge in [0.25, 0.3) is 0 Å². The van der Waals surface area contributed by atoms with E-state index in [0.717, 1.165) is 0 Å². The topological polar surface area (TPSA) is 130 Å². The van der Waals surface area contributed by atoms with Gasteiger partial charge in [-0.1, -0.05) is 0 Å². The Morgan fingerprint density at radius 3 is 2.08 bits per heavy atom. The number of terminal acetylenes is 1. The number of phosphoric acid groups is 2. The van der Waals surface area contributed by atoms with Gasteiger partial charge in [0.15, 0.2) is 0 Å². The molecule has 0 fully saturated rings. The number of phosphoric ester groups is 1. The molecule has 0 aliphatic heterocycles. The summed E-state index contributed by atoms with van der Waals surface area (Å²) in [4.78, 5) is 34.7. The normalized spacial score (nSPS) is 15.5. The zero-order chi connectivity index (χ0) is 10.7. The highest BCUT2D eigenvalue weighted by atomic mass is 31.3. The first-order valence-electron chi connectivity index (χ1n) is 2.46. The average Bonchev–Trinajstić information content (AvgIpc) is 1.80. The number of carbonyl (C=O) groups is 1. The van der Waals surface area contributed by atoms with Gasteiger partial charge >= 0.3 is 21.6 Å². The molecule has 0 aromatic rings. The molecule has 0 aromatic carbocycles. The average molecular weight is 230 g/mol. The van der Waals surface area contributed by atoms with E-state index < -0.39 is 21.6 Å². The maximum Gasteiger partial charge on any atom is 0.539 e. The van der Waals surface area contributed by atoms with Crippen LogP contribution in [0.1, 0.15) is 0 Å². The summed E-state index contributed by atoms with van der Waals surface area (Å²) in [5.41, 5.74) is 0. The van der Waals surface area contributed by atoms with Crippen molar-refractivity contribution in [1.82, 2.24) is 0 Å². The van der Waals surface area contributed by atoms with E-state index in [0.29, 0.717) is 0 Å². The summed E-state index contributed by atoms with van der Waals surface area (Å²) in [6.07, 6.45) is 4.44. The molecule has 0 saturated heterocycles. The molecule has 0 aromatic heterocycles. The lowest BCUT2D eigenvalue weighted by Gasteiger charge is -2.09. The van der Waals surface area contributed by atoms with Crippen molar-refractivity contribution < 1.29 is 37.4 Å². The molecule has 0 heterocycles. The van der Waals surface area contributed by atoms with E-state index in [1.54, 1.807) is 0 Å². The van der Waals surface area contributed by atoms with Crippen LogP contribution in [0.15, 0.2) is 0 Å². The predicted molar refractivity (Wildman–Crippen MR) is 37.9 cm³/mol. The number of carbonyl (C=O) groups excluding carboxylic acids is 1. The van der Waals surface area contributed by atoms with Gasteiger partial charge in [0.05, 0.1) is 0 Å². The molecule has 0 aliphatic rings. The molecule has 1 unspecified atom stereocenters. The SMILES string of the molecule is C#CC(=O)OP(=O)(O)OP(=O)(O)O. The van der Waals surface area contributed by atoms with Crippen LogP contribution in [-0.4, -0.2) is 20.6 Å². The summed E-state index contributed by atoms with van der Waals surface area (Å²) in [5.74, 6) is -0.290. The van der Waals surface area contributed by atoms with E-state index >= 15 is 0 Å². The second-order valence-electron chi connectivity index (χ2n) is 1.56. The van der Waals surface area contributed by atoms with Crippen LogP contribution in [0, 0.1) is 12.3 Å². The largest absolute Gasteiger partial charge is 0.539 e. The molecule has 0 amide bonds. The fraction of sp³-hybridized carbons (Fsp3) is 0. The minimum atomic E-state index is -5.21. The Labute approximate surface area is 72.3 Å². The van der Waals surface area contributed by atoms with E-state index in [4.69, 9.17) is 14.7 Å². The molecule has 0 saturated carbocycles. The molecule has 0 bridgehead atoms. The van der Waals surface area contributed by atoms with Crippen molar-refractivity contribution in [2.45, 2.75) is 0 Å². The molecule has 0 aliphatic carbocycles. The maximum atomic E-state index is 10.5. The van der Waals surface area contributed by atoms with Crippen molar-refractivity contribution in [3.05, 3.63) is 0 Å².